The Morgan fingerprint density at radius 2 is 1.41 bits per heavy atom. The number of likely N-dealkylation sites (tertiary alicyclic amines) is 1. The van der Waals surface area contributed by atoms with Gasteiger partial charge in [0.25, 0.3) is 33.7 Å². The van der Waals surface area contributed by atoms with E-state index in [2.05, 4.69) is 31.6 Å². The minimum Gasteiger partial charge on any atom is -0.379 e. The highest BCUT2D eigenvalue weighted by molar-refractivity contribution is 7.86. The van der Waals surface area contributed by atoms with Gasteiger partial charge in [0.1, 0.15) is 17.6 Å². The van der Waals surface area contributed by atoms with Gasteiger partial charge in [0.05, 0.1) is 60.3 Å². The summed E-state index contributed by atoms with van der Waals surface area (Å²) in [5, 5.41) is 14.3. The van der Waals surface area contributed by atoms with E-state index in [-0.39, 0.29) is 84.9 Å². The first-order valence-corrected chi connectivity index (χ1v) is 33.0. The Balaban J connectivity index is 1.20. The Morgan fingerprint density at radius 3 is 1.99 bits per heavy atom. The van der Waals surface area contributed by atoms with Crippen molar-refractivity contribution in [1.82, 2.24) is 40.9 Å². The first-order valence-electron chi connectivity index (χ1n) is 31.5. The molecule has 10 atom stereocenters. The van der Waals surface area contributed by atoms with E-state index in [0.29, 0.717) is 61.9 Å². The SMILES string of the molecule is CC[C@H](C)[C@@H]([C@@H](CC(=O)N1CCC[C@H]1[C@H](OC)[C@@H](C)C(=O)N[C@H](C)[C@@H](NC(=O)c1ccc(/C(C)=N\CNC(=O)c2ccc(NC(=O)CCCCCN3C(=O)C=CC3=O)cc2S(=O)(=O)O)cc1)c1ccccc1)OC)N(C)C(=O)[C@@H](NC(=O)C(C(C)C)N(C)C)C(C)C. The summed E-state index contributed by atoms with van der Waals surface area (Å²) in [4.78, 5) is 131. The fourth-order valence-electron chi connectivity index (χ4n) is 12.1. The van der Waals surface area contributed by atoms with E-state index in [1.807, 2.05) is 90.9 Å². The van der Waals surface area contributed by atoms with Crippen LogP contribution in [0.2, 0.25) is 0 Å². The van der Waals surface area contributed by atoms with Crippen molar-refractivity contribution in [3.63, 3.8) is 0 Å². The molecule has 9 amide bonds. The molecule has 1 unspecified atom stereocenters. The standard InChI is InChI=1S/C67H96N10O14S/c1-15-42(6)61(75(12)67(86)58(40(2)3)72-66(85)60(41(4)5)74(10)11)52(90-13)38-57(81)76-36-22-25-51(76)62(91-14)43(7)63(82)70-45(9)59(47-23-18-16-19-24-47)73-64(83)48-29-27-46(28-30-48)44(8)68-39-69-65(84)50-32-31-49(37-53(50)92(87,88)89)71-54(78)26-20-17-21-35-77-55(79)33-34-56(77)80/h16,18-19,23-24,27-34,37,40-43,45,51-52,58-62H,15,17,20-22,25-26,35-36,38-39H2,1-14H3,(H,69,84)(H,70,82)(H,71,78)(H,72,85)(H,73,83)(H,87,88,89)/b68-44-/t42-,43+,45+,51-,52+,58-,59+,60?,61-,62+/m0/s1. The Morgan fingerprint density at radius 1 is 0.772 bits per heavy atom. The average Bonchev–Trinajstić information content (AvgIpc) is 1.02. The predicted octanol–water partition coefficient (Wildman–Crippen LogP) is 6.18. The van der Waals surface area contributed by atoms with Crippen LogP contribution in [-0.4, -0.2) is 189 Å². The van der Waals surface area contributed by atoms with Gasteiger partial charge in [0.2, 0.25) is 29.5 Å². The van der Waals surface area contributed by atoms with Crippen molar-refractivity contribution >= 4 is 74.7 Å². The average molecular weight is 1300 g/mol. The van der Waals surface area contributed by atoms with Crippen LogP contribution in [-0.2, 0) is 53.2 Å². The molecule has 0 bridgehead atoms. The molecule has 0 spiro atoms. The van der Waals surface area contributed by atoms with E-state index < -0.39 is 92.7 Å². The number of benzene rings is 3. The molecule has 24 nitrogen and oxygen atoms in total. The van der Waals surface area contributed by atoms with Crippen LogP contribution in [0.5, 0.6) is 0 Å². The molecule has 0 radical (unpaired) electrons. The van der Waals surface area contributed by atoms with Gasteiger partial charge in [-0.2, -0.15) is 8.42 Å². The van der Waals surface area contributed by atoms with Crippen molar-refractivity contribution in [2.75, 3.05) is 60.4 Å². The smallest absolute Gasteiger partial charge is 0.295 e. The van der Waals surface area contributed by atoms with E-state index in [1.54, 1.807) is 61.9 Å². The quantitative estimate of drug-likeness (QED) is 0.0168. The lowest BCUT2D eigenvalue weighted by molar-refractivity contribution is -0.148. The zero-order valence-corrected chi connectivity index (χ0v) is 56.5. The Kier molecular flexibility index (Phi) is 28.4. The number of aliphatic imine (C=N–C) groups is 1. The Hall–Kier alpha value is -7.71. The number of ether oxygens (including phenoxy) is 2. The van der Waals surface area contributed by atoms with E-state index in [4.69, 9.17) is 9.47 Å². The summed E-state index contributed by atoms with van der Waals surface area (Å²) in [6.07, 6.45) is 4.33. The molecule has 25 heteroatoms. The van der Waals surface area contributed by atoms with Crippen LogP contribution in [0.25, 0.3) is 0 Å². The number of hydrogen-bond donors (Lipinski definition) is 6. The summed E-state index contributed by atoms with van der Waals surface area (Å²) in [6.45, 7) is 17.3. The molecule has 1 saturated heterocycles. The number of nitrogens with zero attached hydrogens (tertiary/aromatic N) is 5. The third-order valence-electron chi connectivity index (χ3n) is 17.4. The van der Waals surface area contributed by atoms with Gasteiger partial charge in [0, 0.05) is 69.9 Å². The van der Waals surface area contributed by atoms with Gasteiger partial charge in [0.15, 0.2) is 0 Å². The van der Waals surface area contributed by atoms with Gasteiger partial charge in [-0.05, 0) is 113 Å². The van der Waals surface area contributed by atoms with Crippen LogP contribution in [0, 0.1) is 23.7 Å². The number of anilines is 1. The number of imide groups is 1. The number of carbonyl (C=O) groups is 9. The summed E-state index contributed by atoms with van der Waals surface area (Å²) in [6, 6.07) is 15.5. The molecule has 6 N–H and O–H groups in total. The molecular weight excluding hydrogens is 1200 g/mol. The lowest BCUT2D eigenvalue weighted by Gasteiger charge is -2.41. The van der Waals surface area contributed by atoms with E-state index in [9.17, 15) is 56.1 Å². The highest BCUT2D eigenvalue weighted by atomic mass is 32.2. The fourth-order valence-corrected chi connectivity index (χ4v) is 12.8. The number of carbonyl (C=O) groups excluding carboxylic acids is 9. The zero-order valence-electron chi connectivity index (χ0n) is 55.7. The molecule has 3 aromatic carbocycles. The number of likely N-dealkylation sites (N-methyl/N-ethyl adjacent to an activating group) is 2. The van der Waals surface area contributed by atoms with Gasteiger partial charge < -0.3 is 45.9 Å². The van der Waals surface area contributed by atoms with Crippen molar-refractivity contribution in [2.45, 2.75) is 167 Å². The van der Waals surface area contributed by atoms with Crippen LogP contribution in [0.15, 0.2) is 94.8 Å². The Bertz CT molecular complexity index is 3220. The highest BCUT2D eigenvalue weighted by Crippen LogP contribution is 2.31. The molecule has 2 aliphatic rings. The minimum absolute atomic E-state index is 0.00175. The topological polar surface area (TPSA) is 312 Å². The molecule has 2 aliphatic heterocycles. The minimum atomic E-state index is -4.94. The maximum Gasteiger partial charge on any atom is 0.295 e. The molecule has 2 heterocycles. The van der Waals surface area contributed by atoms with Crippen molar-refractivity contribution in [2.24, 2.45) is 28.7 Å². The first kappa shape index (κ1) is 75.0. The number of unbranched alkanes of at least 4 members (excludes halogenated alkanes) is 2. The van der Waals surface area contributed by atoms with Crippen molar-refractivity contribution in [1.29, 1.82) is 0 Å². The molecule has 5 rings (SSSR count). The second-order valence-corrected chi connectivity index (χ2v) is 26.2. The van der Waals surface area contributed by atoms with Gasteiger partial charge in [-0.25, -0.2) is 0 Å². The Labute approximate surface area is 542 Å². The summed E-state index contributed by atoms with van der Waals surface area (Å²) in [5.74, 6) is -4.71. The summed E-state index contributed by atoms with van der Waals surface area (Å²) in [5.41, 5.74) is 1.70. The molecular formula is C67H96N10O14S. The second kappa shape index (κ2) is 34.8. The van der Waals surface area contributed by atoms with Gasteiger partial charge >= 0.3 is 0 Å². The third kappa shape index (κ3) is 20.1. The van der Waals surface area contributed by atoms with E-state index in [1.165, 1.54) is 32.4 Å². The third-order valence-corrected chi connectivity index (χ3v) is 18.2. The van der Waals surface area contributed by atoms with Crippen LogP contribution in [0.1, 0.15) is 152 Å². The number of hydrogen-bond acceptors (Lipinski definition) is 15. The number of rotatable bonds is 34. The largest absolute Gasteiger partial charge is 0.379 e. The van der Waals surface area contributed by atoms with Crippen LogP contribution < -0.4 is 26.6 Å². The maximum atomic E-state index is 14.6. The second-order valence-electron chi connectivity index (χ2n) is 24.8. The maximum absolute atomic E-state index is 14.6. The van der Waals surface area contributed by atoms with Crippen molar-refractivity contribution < 1.29 is 65.6 Å². The molecule has 3 aromatic rings. The molecule has 1 fully saturated rings. The summed E-state index contributed by atoms with van der Waals surface area (Å²) < 4.78 is 47.1. The predicted molar refractivity (Wildman–Crippen MR) is 350 cm³/mol. The fraction of sp³-hybridized carbons (Fsp3) is 0.552. The molecule has 0 aliphatic carbocycles. The lowest BCUT2D eigenvalue weighted by atomic mass is 9.89. The van der Waals surface area contributed by atoms with Gasteiger partial charge in [-0.15, -0.1) is 0 Å². The molecule has 0 aromatic heterocycles. The number of nitrogens with one attached hydrogen (secondary N) is 5. The summed E-state index contributed by atoms with van der Waals surface area (Å²) >= 11 is 0. The lowest BCUT2D eigenvalue weighted by Crippen LogP contribution is -2.59. The molecule has 504 valence electrons. The van der Waals surface area contributed by atoms with Gasteiger partial charge in [-0.1, -0.05) is 104 Å². The van der Waals surface area contributed by atoms with Crippen molar-refractivity contribution in [3.8, 4) is 0 Å². The van der Waals surface area contributed by atoms with Crippen LogP contribution in [0.3, 0.4) is 0 Å². The molecule has 92 heavy (non-hydrogen) atoms. The number of methoxy groups -OCH3 is 2. The summed E-state index contributed by atoms with van der Waals surface area (Å²) in [7, 11) is 3.49. The van der Waals surface area contributed by atoms with Gasteiger partial charge in [-0.3, -0.25) is 62.5 Å². The zero-order chi connectivity index (χ0) is 68.3. The van der Waals surface area contributed by atoms with Crippen molar-refractivity contribution in [3.05, 3.63) is 107 Å². The number of amides is 9. The van der Waals surface area contributed by atoms with E-state index in [0.717, 1.165) is 22.6 Å². The normalized spacial score (nSPS) is 17.4. The molecule has 0 saturated carbocycles. The van der Waals surface area contributed by atoms with E-state index >= 15 is 0 Å². The van der Waals surface area contributed by atoms with Crippen LogP contribution >= 0.6 is 0 Å². The first-order chi connectivity index (χ1) is 43.4. The monoisotopic (exact) mass is 1300 g/mol. The van der Waals surface area contributed by atoms with Crippen LogP contribution in [0.4, 0.5) is 5.69 Å². The highest BCUT2D eigenvalue weighted by Gasteiger charge is 2.44.